The molecular formula is C24H29FO6. The van der Waals surface area contributed by atoms with Gasteiger partial charge in [-0.1, -0.05) is 19.9 Å². The highest BCUT2D eigenvalue weighted by Gasteiger charge is 2.77. The van der Waals surface area contributed by atoms with E-state index in [0.717, 1.165) is 0 Å². The van der Waals surface area contributed by atoms with Gasteiger partial charge >= 0.3 is 0 Å². The van der Waals surface area contributed by atoms with Gasteiger partial charge in [0.1, 0.15) is 6.17 Å². The minimum Gasteiger partial charge on any atom is -0.393 e. The van der Waals surface area contributed by atoms with Crippen molar-refractivity contribution in [1.82, 2.24) is 0 Å². The topological polar surface area (TPSA) is 89.9 Å². The zero-order valence-electron chi connectivity index (χ0n) is 18.3. The lowest BCUT2D eigenvalue weighted by molar-refractivity contribution is -0.224. The maximum atomic E-state index is 15.4. The average Bonchev–Trinajstić information content (AvgIpc) is 3.08. The van der Waals surface area contributed by atoms with Gasteiger partial charge in [-0.05, 0) is 62.7 Å². The van der Waals surface area contributed by atoms with Crippen LogP contribution in [-0.4, -0.2) is 52.7 Å². The Morgan fingerprint density at radius 2 is 1.97 bits per heavy atom. The molecule has 31 heavy (non-hydrogen) atoms. The number of carbonyl (C=O) groups excluding carboxylic acids is 3. The van der Waals surface area contributed by atoms with Gasteiger partial charge in [-0.25, -0.2) is 4.39 Å². The molecule has 0 unspecified atom stereocenters. The molecule has 1 saturated heterocycles. The van der Waals surface area contributed by atoms with Gasteiger partial charge < -0.3 is 14.6 Å². The lowest BCUT2D eigenvalue weighted by Gasteiger charge is -2.60. The Balaban J connectivity index is 1.62. The summed E-state index contributed by atoms with van der Waals surface area (Å²) in [7, 11) is 0. The fourth-order valence-corrected chi connectivity index (χ4v) is 7.95. The molecule has 0 spiro atoms. The van der Waals surface area contributed by atoms with Crippen LogP contribution in [0, 0.1) is 28.6 Å². The van der Waals surface area contributed by atoms with Gasteiger partial charge in [0.05, 0.1) is 12.2 Å². The van der Waals surface area contributed by atoms with E-state index in [2.05, 4.69) is 0 Å². The predicted octanol–water partition coefficient (Wildman–Crippen LogP) is 2.48. The number of carbonyl (C=O) groups is 3. The van der Waals surface area contributed by atoms with Crippen LogP contribution in [-0.2, 0) is 23.9 Å². The number of aliphatic hydroxyl groups is 1. The molecule has 0 aromatic carbocycles. The van der Waals surface area contributed by atoms with Crippen molar-refractivity contribution >= 4 is 17.9 Å². The summed E-state index contributed by atoms with van der Waals surface area (Å²) in [6.45, 7) is 7.19. The van der Waals surface area contributed by atoms with Crippen LogP contribution in [0.15, 0.2) is 23.8 Å². The van der Waals surface area contributed by atoms with E-state index in [9.17, 15) is 19.5 Å². The minimum atomic E-state index is -1.49. The summed E-state index contributed by atoms with van der Waals surface area (Å²) >= 11 is 0. The van der Waals surface area contributed by atoms with E-state index in [4.69, 9.17) is 9.47 Å². The quantitative estimate of drug-likeness (QED) is 0.533. The summed E-state index contributed by atoms with van der Waals surface area (Å²) in [5, 5.41) is 11.4. The van der Waals surface area contributed by atoms with Crippen LogP contribution >= 0.6 is 0 Å². The van der Waals surface area contributed by atoms with Gasteiger partial charge in [0.2, 0.25) is 5.78 Å². The third kappa shape index (κ3) is 2.45. The van der Waals surface area contributed by atoms with Crippen molar-refractivity contribution in [3.8, 4) is 0 Å². The first-order chi connectivity index (χ1) is 14.4. The standard InChI is InChI=1S/C24H29FO6/c1-21(2)30-19-9-14-13-8-16(25)15-7-12(27)5-6-22(15,3)20(13)17(28)10-23(14,4)24(19,31-21)18(29)11-26/h5-7,11,13-14,16-17,19-20,28H,8-10H2,1-4H3/t13-,14-,16-,17-,19-,20+,22-,23-,24+/m0/s1. The van der Waals surface area contributed by atoms with Crippen molar-refractivity contribution in [3.63, 3.8) is 0 Å². The first kappa shape index (κ1) is 21.2. The number of Topliss-reactive ketones (excluding diaryl/α,β-unsaturated/α-hetero) is 1. The number of hydrogen-bond donors (Lipinski definition) is 1. The second kappa shape index (κ2) is 6.21. The number of halogens is 1. The van der Waals surface area contributed by atoms with Gasteiger partial charge in [-0.15, -0.1) is 0 Å². The molecule has 0 bridgehead atoms. The highest BCUT2D eigenvalue weighted by molar-refractivity contribution is 6.29. The van der Waals surface area contributed by atoms with Crippen molar-refractivity contribution in [2.75, 3.05) is 0 Å². The smallest absolute Gasteiger partial charge is 0.230 e. The Hall–Kier alpha value is -1.70. The van der Waals surface area contributed by atoms with E-state index >= 15 is 4.39 Å². The molecule has 0 aromatic rings. The first-order valence-electron chi connectivity index (χ1n) is 11.0. The lowest BCUT2D eigenvalue weighted by atomic mass is 9.46. The minimum absolute atomic E-state index is 0.159. The SMILES string of the molecule is CC1(C)O[C@H]2C[C@H]3[C@@H]4C[C@H](F)C5=CC(=O)C=C[C@]5(C)[C@H]4[C@@H](O)C[C@]3(C)[C@]2(C(=O)C=O)O1. The molecule has 9 atom stereocenters. The molecule has 5 rings (SSSR count). The van der Waals surface area contributed by atoms with Crippen LogP contribution in [0.4, 0.5) is 4.39 Å². The summed E-state index contributed by atoms with van der Waals surface area (Å²) < 4.78 is 27.7. The summed E-state index contributed by atoms with van der Waals surface area (Å²) in [6, 6.07) is 0. The number of allylic oxidation sites excluding steroid dienone is 4. The molecule has 168 valence electrons. The zero-order chi connectivity index (χ0) is 22.6. The monoisotopic (exact) mass is 432 g/mol. The molecule has 0 aromatic heterocycles. The molecule has 3 saturated carbocycles. The summed E-state index contributed by atoms with van der Waals surface area (Å²) in [4.78, 5) is 36.7. The third-order valence-corrected chi connectivity index (χ3v) is 8.94. The number of aldehydes is 1. The summed E-state index contributed by atoms with van der Waals surface area (Å²) in [5.41, 5.74) is -2.72. The molecule has 4 fully saturated rings. The Labute approximate surface area is 180 Å². The molecule has 1 N–H and O–H groups in total. The van der Waals surface area contributed by atoms with E-state index in [-0.39, 0.29) is 36.4 Å². The summed E-state index contributed by atoms with van der Waals surface area (Å²) in [6.07, 6.45) is 2.90. The number of alkyl halides is 1. The number of aliphatic hydroxyl groups excluding tert-OH is 1. The predicted molar refractivity (Wildman–Crippen MR) is 108 cm³/mol. The van der Waals surface area contributed by atoms with Gasteiger partial charge in [0.15, 0.2) is 23.5 Å². The first-order valence-corrected chi connectivity index (χ1v) is 11.0. The Kier molecular flexibility index (Phi) is 4.24. The van der Waals surface area contributed by atoms with Gasteiger partial charge in [0, 0.05) is 16.7 Å². The molecule has 1 aliphatic heterocycles. The van der Waals surface area contributed by atoms with Crippen LogP contribution in [0.5, 0.6) is 0 Å². The number of fused-ring (bicyclic) bond motifs is 7. The molecule has 6 nitrogen and oxygen atoms in total. The Morgan fingerprint density at radius 1 is 1.26 bits per heavy atom. The van der Waals surface area contributed by atoms with Crippen LogP contribution in [0.1, 0.15) is 47.0 Å². The largest absolute Gasteiger partial charge is 0.393 e. The van der Waals surface area contributed by atoms with E-state index in [1.165, 1.54) is 12.2 Å². The molecule has 0 radical (unpaired) electrons. The van der Waals surface area contributed by atoms with E-state index in [0.29, 0.717) is 18.3 Å². The van der Waals surface area contributed by atoms with Crippen LogP contribution in [0.2, 0.25) is 0 Å². The van der Waals surface area contributed by atoms with Crippen LogP contribution in [0.3, 0.4) is 0 Å². The van der Waals surface area contributed by atoms with Crippen LogP contribution in [0.25, 0.3) is 0 Å². The fraction of sp³-hybridized carbons (Fsp3) is 0.708. The van der Waals surface area contributed by atoms with Crippen molar-refractivity contribution in [3.05, 3.63) is 23.8 Å². The maximum Gasteiger partial charge on any atom is 0.230 e. The number of hydrogen-bond acceptors (Lipinski definition) is 6. The number of ether oxygens (including phenoxy) is 2. The Bertz CT molecular complexity index is 938. The molecule has 7 heteroatoms. The van der Waals surface area contributed by atoms with Gasteiger partial charge in [-0.2, -0.15) is 0 Å². The van der Waals surface area contributed by atoms with Crippen molar-refractivity contribution in [2.45, 2.75) is 76.7 Å². The van der Waals surface area contributed by atoms with E-state index < -0.39 is 46.4 Å². The normalized spacial score (nSPS) is 51.9. The van der Waals surface area contributed by atoms with Gasteiger partial charge in [-0.3, -0.25) is 14.4 Å². The molecule has 1 heterocycles. The maximum absolute atomic E-state index is 15.4. The number of ketones is 2. The molecule has 0 amide bonds. The summed E-state index contributed by atoms with van der Waals surface area (Å²) in [5.74, 6) is -2.68. The van der Waals surface area contributed by atoms with Gasteiger partial charge in [0.25, 0.3) is 0 Å². The number of rotatable bonds is 2. The Morgan fingerprint density at radius 3 is 2.65 bits per heavy atom. The second-order valence-corrected chi connectivity index (χ2v) is 10.9. The molecular weight excluding hydrogens is 403 g/mol. The average molecular weight is 432 g/mol. The second-order valence-electron chi connectivity index (χ2n) is 10.9. The van der Waals surface area contributed by atoms with Crippen molar-refractivity contribution < 1.29 is 33.4 Å². The lowest BCUT2D eigenvalue weighted by Crippen LogP contribution is -2.64. The molecule has 5 aliphatic rings. The van der Waals surface area contributed by atoms with Crippen molar-refractivity contribution in [1.29, 1.82) is 0 Å². The highest BCUT2D eigenvalue weighted by atomic mass is 19.1. The highest BCUT2D eigenvalue weighted by Crippen LogP contribution is 2.70. The van der Waals surface area contributed by atoms with E-state index in [1.807, 2.05) is 13.8 Å². The van der Waals surface area contributed by atoms with Crippen molar-refractivity contribution in [2.24, 2.45) is 28.6 Å². The fourth-order valence-electron chi connectivity index (χ4n) is 7.95. The van der Waals surface area contributed by atoms with Crippen LogP contribution < -0.4 is 0 Å². The third-order valence-electron chi connectivity index (χ3n) is 8.94. The zero-order valence-corrected chi connectivity index (χ0v) is 18.3. The molecule has 4 aliphatic carbocycles. The van der Waals surface area contributed by atoms with E-state index in [1.54, 1.807) is 19.9 Å².